The van der Waals surface area contributed by atoms with Crippen molar-refractivity contribution >= 4 is 21.6 Å². The van der Waals surface area contributed by atoms with Crippen LogP contribution in [0.15, 0.2) is 29.2 Å². The molecule has 30 heavy (non-hydrogen) atoms. The van der Waals surface area contributed by atoms with Gasteiger partial charge in [0.05, 0.1) is 4.92 Å². The number of aromatic nitrogens is 2. The van der Waals surface area contributed by atoms with Crippen molar-refractivity contribution < 1.29 is 22.9 Å². The summed E-state index contributed by atoms with van der Waals surface area (Å²) in [5.41, 5.74) is -0.306. The van der Waals surface area contributed by atoms with Crippen molar-refractivity contribution in [3.8, 4) is 11.6 Å². The summed E-state index contributed by atoms with van der Waals surface area (Å²) in [5.74, 6) is -0.446. The van der Waals surface area contributed by atoms with Gasteiger partial charge in [0.2, 0.25) is 15.9 Å². The number of hydrogen-bond acceptors (Lipinski definition) is 7. The van der Waals surface area contributed by atoms with Gasteiger partial charge in [-0.1, -0.05) is 6.92 Å². The fourth-order valence-electron chi connectivity index (χ4n) is 2.42. The molecule has 0 saturated carbocycles. The summed E-state index contributed by atoms with van der Waals surface area (Å²) in [6.45, 7) is 7.08. The zero-order valence-corrected chi connectivity index (χ0v) is 18.2. The van der Waals surface area contributed by atoms with Crippen LogP contribution in [0.1, 0.15) is 44.6 Å². The summed E-state index contributed by atoms with van der Waals surface area (Å²) < 4.78 is 35.0. The van der Waals surface area contributed by atoms with Gasteiger partial charge in [-0.05, 0) is 33.3 Å². The highest BCUT2D eigenvalue weighted by Crippen LogP contribution is 2.32. The minimum absolute atomic E-state index is 0.0882. The molecule has 164 valence electrons. The maximum Gasteiger partial charge on any atom is 0.272 e. The summed E-state index contributed by atoms with van der Waals surface area (Å²) >= 11 is 0. The molecule has 1 atom stereocenters. The molecule has 0 spiro atoms. The van der Waals surface area contributed by atoms with Gasteiger partial charge < -0.3 is 10.1 Å². The fraction of sp³-hybridized carbons (Fsp3) is 0.444. The third-order valence-corrected chi connectivity index (χ3v) is 5.71. The van der Waals surface area contributed by atoms with Crippen molar-refractivity contribution in [2.45, 2.75) is 51.1 Å². The molecule has 0 radical (unpaired) electrons. The minimum atomic E-state index is -4.11. The molecule has 0 bridgehead atoms. The topological polar surface area (TPSA) is 145 Å². The molecule has 12 heteroatoms. The van der Waals surface area contributed by atoms with Crippen LogP contribution in [0.4, 0.5) is 5.69 Å². The van der Waals surface area contributed by atoms with Gasteiger partial charge in [0.25, 0.3) is 11.6 Å². The normalized spacial score (nSPS) is 12.6. The fourth-order valence-corrected chi connectivity index (χ4v) is 3.90. The number of aryl methyl sites for hydroxylation is 1. The highest BCUT2D eigenvalue weighted by atomic mass is 32.2. The summed E-state index contributed by atoms with van der Waals surface area (Å²) in [6, 6.07) is 4.15. The zero-order valence-electron chi connectivity index (χ0n) is 17.4. The monoisotopic (exact) mass is 439 g/mol. The second-order valence-electron chi connectivity index (χ2n) is 7.04. The van der Waals surface area contributed by atoms with Gasteiger partial charge in [-0.3, -0.25) is 14.9 Å². The first-order chi connectivity index (χ1) is 13.9. The predicted octanol–water partition coefficient (Wildman–Crippen LogP) is 2.34. The average Bonchev–Trinajstić information content (AvgIpc) is 3.01. The molecule has 1 amide bonds. The van der Waals surface area contributed by atoms with Crippen molar-refractivity contribution in [1.82, 2.24) is 19.8 Å². The van der Waals surface area contributed by atoms with Crippen molar-refractivity contribution in [3.05, 3.63) is 40.1 Å². The van der Waals surface area contributed by atoms with E-state index in [9.17, 15) is 23.3 Å². The third kappa shape index (κ3) is 5.54. The van der Waals surface area contributed by atoms with Gasteiger partial charge in [0, 0.05) is 37.3 Å². The van der Waals surface area contributed by atoms with Crippen molar-refractivity contribution in [1.29, 1.82) is 0 Å². The standard InChI is InChI=1S/C18H25N5O6S/c1-6-12(4)21-30(27,28)16-9-13(23(25)26)7-8-15(16)29-17-10-14(20-22(17)5)18(24)19-11(2)3/h7-12,21H,6H2,1-5H3,(H,19,24)/t12-/m0/s1. The van der Waals surface area contributed by atoms with E-state index in [0.29, 0.717) is 6.42 Å². The Hall–Kier alpha value is -2.99. The molecule has 0 saturated heterocycles. The number of carbonyl (C=O) groups is 1. The summed E-state index contributed by atoms with van der Waals surface area (Å²) in [7, 11) is -2.58. The van der Waals surface area contributed by atoms with Crippen LogP contribution in [0.5, 0.6) is 11.6 Å². The Morgan fingerprint density at radius 2 is 1.97 bits per heavy atom. The largest absolute Gasteiger partial charge is 0.438 e. The van der Waals surface area contributed by atoms with E-state index < -0.39 is 26.5 Å². The average molecular weight is 439 g/mol. The molecule has 1 aromatic carbocycles. The van der Waals surface area contributed by atoms with Crippen LogP contribution in [0.3, 0.4) is 0 Å². The second-order valence-corrected chi connectivity index (χ2v) is 8.72. The first-order valence-corrected chi connectivity index (χ1v) is 10.8. The Labute approximate surface area is 174 Å². The molecule has 0 unspecified atom stereocenters. The number of benzene rings is 1. The van der Waals surface area contributed by atoms with E-state index in [0.717, 1.165) is 12.1 Å². The quantitative estimate of drug-likeness (QED) is 0.450. The highest BCUT2D eigenvalue weighted by Gasteiger charge is 2.26. The number of hydrogen-bond donors (Lipinski definition) is 2. The first kappa shape index (κ1) is 23.3. The number of carbonyl (C=O) groups excluding carboxylic acids is 1. The number of nitro groups is 1. The van der Waals surface area contributed by atoms with Gasteiger partial charge in [-0.25, -0.2) is 17.8 Å². The summed E-state index contributed by atoms with van der Waals surface area (Å²) in [6.07, 6.45) is 0.528. The highest BCUT2D eigenvalue weighted by molar-refractivity contribution is 7.89. The van der Waals surface area contributed by atoms with Crippen LogP contribution < -0.4 is 14.8 Å². The van der Waals surface area contributed by atoms with Crippen LogP contribution in [0.25, 0.3) is 0 Å². The van der Waals surface area contributed by atoms with Crippen molar-refractivity contribution in [2.75, 3.05) is 0 Å². The van der Waals surface area contributed by atoms with Gasteiger partial charge in [-0.2, -0.15) is 5.10 Å². The lowest BCUT2D eigenvalue weighted by Gasteiger charge is -2.15. The second kappa shape index (κ2) is 9.22. The molecule has 2 N–H and O–H groups in total. The smallest absolute Gasteiger partial charge is 0.272 e. The molecular formula is C18H25N5O6S. The molecule has 2 aromatic rings. The van der Waals surface area contributed by atoms with Gasteiger partial charge >= 0.3 is 0 Å². The SMILES string of the molecule is CC[C@H](C)NS(=O)(=O)c1cc([N+](=O)[O-])ccc1Oc1cc(C(=O)NC(C)C)nn1C. The predicted molar refractivity (Wildman–Crippen MR) is 109 cm³/mol. The number of sulfonamides is 1. The number of nitrogens with one attached hydrogen (secondary N) is 2. The van der Waals surface area contributed by atoms with Gasteiger partial charge in [-0.15, -0.1) is 0 Å². The van der Waals surface area contributed by atoms with Crippen molar-refractivity contribution in [2.24, 2.45) is 7.05 Å². The van der Waals surface area contributed by atoms with Crippen LogP contribution >= 0.6 is 0 Å². The number of nitrogens with zero attached hydrogens (tertiary/aromatic N) is 3. The number of nitro benzene ring substituents is 1. The van der Waals surface area contributed by atoms with Crippen LogP contribution in [-0.4, -0.2) is 41.1 Å². The molecule has 1 heterocycles. The number of non-ortho nitro benzene ring substituents is 1. The molecule has 1 aromatic heterocycles. The van der Waals surface area contributed by atoms with E-state index in [1.165, 1.54) is 23.9 Å². The van der Waals surface area contributed by atoms with E-state index in [-0.39, 0.29) is 34.3 Å². The molecule has 0 fully saturated rings. The lowest BCUT2D eigenvalue weighted by Crippen LogP contribution is -2.32. The molecule has 0 aliphatic heterocycles. The van der Waals surface area contributed by atoms with Crippen LogP contribution in [0, 0.1) is 10.1 Å². The van der Waals surface area contributed by atoms with E-state index in [2.05, 4.69) is 15.1 Å². The van der Waals surface area contributed by atoms with E-state index in [1.807, 2.05) is 0 Å². The number of ether oxygens (including phenoxy) is 1. The van der Waals surface area contributed by atoms with Crippen molar-refractivity contribution in [3.63, 3.8) is 0 Å². The van der Waals surface area contributed by atoms with Crippen LogP contribution in [-0.2, 0) is 17.1 Å². The third-order valence-electron chi connectivity index (χ3n) is 4.10. The molecular weight excluding hydrogens is 414 g/mol. The maximum absolute atomic E-state index is 12.8. The lowest BCUT2D eigenvalue weighted by molar-refractivity contribution is -0.385. The molecule has 0 aliphatic rings. The van der Waals surface area contributed by atoms with E-state index >= 15 is 0 Å². The Morgan fingerprint density at radius 1 is 1.30 bits per heavy atom. The maximum atomic E-state index is 12.8. The van der Waals surface area contributed by atoms with Gasteiger partial charge in [0.1, 0.15) is 10.6 Å². The minimum Gasteiger partial charge on any atom is -0.438 e. The lowest BCUT2D eigenvalue weighted by atomic mass is 10.3. The Kier molecular flexibility index (Phi) is 7.16. The van der Waals surface area contributed by atoms with Crippen LogP contribution in [0.2, 0.25) is 0 Å². The molecule has 0 aliphatic carbocycles. The van der Waals surface area contributed by atoms with E-state index in [4.69, 9.17) is 4.74 Å². The Balaban J connectivity index is 2.46. The molecule has 2 rings (SSSR count). The first-order valence-electron chi connectivity index (χ1n) is 9.28. The van der Waals surface area contributed by atoms with E-state index in [1.54, 1.807) is 27.7 Å². The Morgan fingerprint density at radius 3 is 2.53 bits per heavy atom. The Bertz CT molecular complexity index is 1050. The zero-order chi connectivity index (χ0) is 22.6. The summed E-state index contributed by atoms with van der Waals surface area (Å²) in [5, 5.41) is 17.9. The van der Waals surface area contributed by atoms with Gasteiger partial charge in [0.15, 0.2) is 5.69 Å². The number of rotatable bonds is 9. The number of amides is 1. The molecule has 11 nitrogen and oxygen atoms in total. The summed E-state index contributed by atoms with van der Waals surface area (Å²) in [4.78, 5) is 22.2.